The van der Waals surface area contributed by atoms with Crippen LogP contribution in [0.5, 0.6) is 0 Å². The van der Waals surface area contributed by atoms with Gasteiger partial charge >= 0.3 is 0 Å². The zero-order valence-corrected chi connectivity index (χ0v) is 10.3. The summed E-state index contributed by atoms with van der Waals surface area (Å²) in [6.45, 7) is 1.60. The lowest BCUT2D eigenvalue weighted by molar-refractivity contribution is 0.597. The molecule has 2 N–H and O–H groups in total. The number of pyridine rings is 1. The third kappa shape index (κ3) is 2.06. The van der Waals surface area contributed by atoms with Gasteiger partial charge in [-0.1, -0.05) is 6.07 Å². The predicted octanol–water partition coefficient (Wildman–Crippen LogP) is 0.438. The second kappa shape index (κ2) is 3.94. The minimum absolute atomic E-state index is 0.0266. The molecule has 0 radical (unpaired) electrons. The SMILES string of the molecule is Cc1nn(C)c(-c2ccccn2)c1S(N)(=O)=O. The van der Waals surface area contributed by atoms with Crippen molar-refractivity contribution < 1.29 is 8.42 Å². The van der Waals surface area contributed by atoms with Gasteiger partial charge in [0.25, 0.3) is 0 Å². The molecule has 2 rings (SSSR count). The largest absolute Gasteiger partial charge is 0.265 e. The lowest BCUT2D eigenvalue weighted by Gasteiger charge is -2.03. The highest BCUT2D eigenvalue weighted by atomic mass is 32.2. The van der Waals surface area contributed by atoms with Crippen molar-refractivity contribution in [2.75, 3.05) is 0 Å². The number of aryl methyl sites for hydroxylation is 2. The van der Waals surface area contributed by atoms with Crippen LogP contribution in [0.4, 0.5) is 0 Å². The van der Waals surface area contributed by atoms with Gasteiger partial charge in [-0.2, -0.15) is 5.10 Å². The van der Waals surface area contributed by atoms with Crippen molar-refractivity contribution in [2.45, 2.75) is 11.8 Å². The van der Waals surface area contributed by atoms with Crippen molar-refractivity contribution in [3.8, 4) is 11.4 Å². The van der Waals surface area contributed by atoms with Gasteiger partial charge in [0, 0.05) is 13.2 Å². The summed E-state index contributed by atoms with van der Waals surface area (Å²) in [5.41, 5.74) is 1.31. The smallest absolute Gasteiger partial charge is 0.242 e. The van der Waals surface area contributed by atoms with E-state index in [-0.39, 0.29) is 4.90 Å². The van der Waals surface area contributed by atoms with Crippen molar-refractivity contribution in [1.29, 1.82) is 0 Å². The molecule has 0 saturated heterocycles. The topological polar surface area (TPSA) is 90.9 Å². The molecule has 2 heterocycles. The normalized spacial score (nSPS) is 11.7. The van der Waals surface area contributed by atoms with E-state index in [2.05, 4.69) is 10.1 Å². The Morgan fingerprint density at radius 1 is 1.35 bits per heavy atom. The first-order valence-corrected chi connectivity index (χ1v) is 6.43. The third-order valence-corrected chi connectivity index (χ3v) is 3.42. The fourth-order valence-electron chi connectivity index (χ4n) is 1.76. The van der Waals surface area contributed by atoms with Gasteiger partial charge in [-0.05, 0) is 19.1 Å². The molecule has 0 fully saturated rings. The Labute approximate surface area is 99.1 Å². The van der Waals surface area contributed by atoms with Crippen LogP contribution in [0.25, 0.3) is 11.4 Å². The maximum atomic E-state index is 11.6. The van der Waals surface area contributed by atoms with Crippen LogP contribution in [0.2, 0.25) is 0 Å². The number of nitrogens with zero attached hydrogens (tertiary/aromatic N) is 3. The maximum Gasteiger partial charge on any atom is 0.242 e. The van der Waals surface area contributed by atoms with E-state index in [0.717, 1.165) is 0 Å². The Morgan fingerprint density at radius 2 is 2.06 bits per heavy atom. The monoisotopic (exact) mass is 252 g/mol. The van der Waals surface area contributed by atoms with Crippen molar-refractivity contribution >= 4 is 10.0 Å². The highest BCUT2D eigenvalue weighted by molar-refractivity contribution is 7.89. The molecule has 2 aromatic heterocycles. The van der Waals surface area contributed by atoms with E-state index in [4.69, 9.17) is 5.14 Å². The van der Waals surface area contributed by atoms with Crippen molar-refractivity contribution in [1.82, 2.24) is 14.8 Å². The number of aromatic nitrogens is 3. The summed E-state index contributed by atoms with van der Waals surface area (Å²) in [5, 5.41) is 9.27. The first-order chi connectivity index (χ1) is 7.91. The fourth-order valence-corrected chi connectivity index (χ4v) is 2.72. The number of primary sulfonamides is 1. The quantitative estimate of drug-likeness (QED) is 0.839. The van der Waals surface area contributed by atoms with Gasteiger partial charge in [-0.3, -0.25) is 9.67 Å². The number of sulfonamides is 1. The standard InChI is InChI=1S/C10H12N4O2S/c1-7-10(17(11,15)16)9(14(2)13-7)8-5-3-4-6-12-8/h3-6H,1-2H3,(H2,11,15,16). The first-order valence-electron chi connectivity index (χ1n) is 4.89. The maximum absolute atomic E-state index is 11.6. The van der Waals surface area contributed by atoms with E-state index >= 15 is 0 Å². The van der Waals surface area contributed by atoms with Crippen LogP contribution in [0.3, 0.4) is 0 Å². The molecule has 0 bridgehead atoms. The number of hydrogen-bond donors (Lipinski definition) is 1. The Kier molecular flexibility index (Phi) is 2.72. The fraction of sp³-hybridized carbons (Fsp3) is 0.200. The zero-order valence-electron chi connectivity index (χ0n) is 9.45. The van der Waals surface area contributed by atoms with Crippen LogP contribution in [0.1, 0.15) is 5.69 Å². The van der Waals surface area contributed by atoms with Gasteiger partial charge in [0.1, 0.15) is 10.6 Å². The van der Waals surface area contributed by atoms with Gasteiger partial charge < -0.3 is 0 Å². The second-order valence-corrected chi connectivity index (χ2v) is 5.15. The zero-order chi connectivity index (χ0) is 12.6. The van der Waals surface area contributed by atoms with Gasteiger partial charge in [-0.15, -0.1) is 0 Å². The Morgan fingerprint density at radius 3 is 2.59 bits per heavy atom. The lowest BCUT2D eigenvalue weighted by Crippen LogP contribution is -2.14. The summed E-state index contributed by atoms with van der Waals surface area (Å²) in [5.74, 6) is 0. The molecule has 6 nitrogen and oxygen atoms in total. The molecule has 0 spiro atoms. The van der Waals surface area contributed by atoms with Gasteiger partial charge in [0.2, 0.25) is 10.0 Å². The van der Waals surface area contributed by atoms with Crippen molar-refractivity contribution in [3.63, 3.8) is 0 Å². The molecule has 0 saturated carbocycles. The number of nitrogens with two attached hydrogens (primary N) is 1. The van der Waals surface area contributed by atoms with Gasteiger partial charge in [0.05, 0.1) is 11.4 Å². The molecular formula is C10H12N4O2S. The van der Waals surface area contributed by atoms with E-state index in [1.54, 1.807) is 38.4 Å². The van der Waals surface area contributed by atoms with Crippen LogP contribution in [-0.2, 0) is 17.1 Å². The Hall–Kier alpha value is -1.73. The molecule has 7 heteroatoms. The van der Waals surface area contributed by atoms with Gasteiger partial charge in [0.15, 0.2) is 0 Å². The number of hydrogen-bond acceptors (Lipinski definition) is 4. The summed E-state index contributed by atoms with van der Waals surface area (Å²) in [6, 6.07) is 5.24. The van der Waals surface area contributed by atoms with Crippen LogP contribution in [-0.4, -0.2) is 23.2 Å². The average molecular weight is 252 g/mol. The molecule has 0 amide bonds. The number of rotatable bonds is 2. The van der Waals surface area contributed by atoms with E-state index in [1.807, 2.05) is 0 Å². The molecular weight excluding hydrogens is 240 g/mol. The summed E-state index contributed by atoms with van der Waals surface area (Å²) in [7, 11) is -2.16. The highest BCUT2D eigenvalue weighted by Gasteiger charge is 2.24. The van der Waals surface area contributed by atoms with E-state index in [1.165, 1.54) is 4.68 Å². The van der Waals surface area contributed by atoms with Gasteiger partial charge in [-0.25, -0.2) is 13.6 Å². The lowest BCUT2D eigenvalue weighted by atomic mass is 10.2. The Balaban J connectivity index is 2.79. The van der Waals surface area contributed by atoms with Crippen LogP contribution in [0, 0.1) is 6.92 Å². The van der Waals surface area contributed by atoms with Crippen molar-refractivity contribution in [3.05, 3.63) is 30.1 Å². The Bertz CT molecular complexity index is 646. The van der Waals surface area contributed by atoms with Crippen LogP contribution < -0.4 is 5.14 Å². The molecule has 2 aromatic rings. The summed E-state index contributed by atoms with van der Waals surface area (Å²) in [4.78, 5) is 4.14. The molecule has 90 valence electrons. The summed E-state index contributed by atoms with van der Waals surface area (Å²) in [6.07, 6.45) is 1.59. The molecule has 0 unspecified atom stereocenters. The molecule has 0 atom stereocenters. The predicted molar refractivity (Wildman–Crippen MR) is 62.5 cm³/mol. The second-order valence-electron chi connectivity index (χ2n) is 3.65. The van der Waals surface area contributed by atoms with E-state index in [0.29, 0.717) is 17.1 Å². The summed E-state index contributed by atoms with van der Waals surface area (Å²) < 4.78 is 24.6. The molecule has 0 aliphatic rings. The van der Waals surface area contributed by atoms with Crippen molar-refractivity contribution in [2.24, 2.45) is 12.2 Å². The first kappa shape index (κ1) is 11.7. The minimum Gasteiger partial charge on any atom is -0.265 e. The third-order valence-electron chi connectivity index (χ3n) is 2.36. The molecule has 0 aliphatic heterocycles. The molecule has 0 aromatic carbocycles. The van der Waals surface area contributed by atoms with E-state index in [9.17, 15) is 8.42 Å². The molecule has 0 aliphatic carbocycles. The van der Waals surface area contributed by atoms with E-state index < -0.39 is 10.0 Å². The minimum atomic E-state index is -3.81. The molecule has 17 heavy (non-hydrogen) atoms. The van der Waals surface area contributed by atoms with Crippen LogP contribution in [0.15, 0.2) is 29.3 Å². The van der Waals surface area contributed by atoms with Crippen LogP contribution >= 0.6 is 0 Å². The summed E-state index contributed by atoms with van der Waals surface area (Å²) >= 11 is 0. The average Bonchev–Trinajstić information content (AvgIpc) is 2.54. The highest BCUT2D eigenvalue weighted by Crippen LogP contribution is 2.26.